The maximum atomic E-state index is 2.78. The third kappa shape index (κ3) is 2.50. The monoisotopic (exact) mass is 195 g/mol. The molecule has 1 aliphatic heterocycles. The van der Waals surface area contributed by atoms with Crippen molar-refractivity contribution in [1.82, 2.24) is 4.90 Å². The highest BCUT2D eigenvalue weighted by Gasteiger charge is 2.26. The highest BCUT2D eigenvalue weighted by atomic mass is 15.2. The molecule has 0 unspecified atom stereocenters. The van der Waals surface area contributed by atoms with Gasteiger partial charge in [0.1, 0.15) is 0 Å². The summed E-state index contributed by atoms with van der Waals surface area (Å²) in [5, 5.41) is 0. The van der Waals surface area contributed by atoms with E-state index in [1.807, 2.05) is 0 Å². The Bertz CT molecular complexity index is 153. The Hall–Kier alpha value is -0.0400. The van der Waals surface area contributed by atoms with Gasteiger partial charge in [-0.15, -0.1) is 0 Å². The van der Waals surface area contributed by atoms with Gasteiger partial charge in [-0.1, -0.05) is 32.6 Å². The predicted molar refractivity (Wildman–Crippen MR) is 61.5 cm³/mol. The van der Waals surface area contributed by atoms with Gasteiger partial charge in [-0.3, -0.25) is 0 Å². The summed E-state index contributed by atoms with van der Waals surface area (Å²) in [5.41, 5.74) is 0. The van der Waals surface area contributed by atoms with Crippen LogP contribution in [0.15, 0.2) is 0 Å². The molecule has 1 saturated carbocycles. The van der Waals surface area contributed by atoms with Crippen LogP contribution in [-0.2, 0) is 0 Å². The molecule has 14 heavy (non-hydrogen) atoms. The van der Waals surface area contributed by atoms with Gasteiger partial charge in [-0.25, -0.2) is 0 Å². The van der Waals surface area contributed by atoms with Gasteiger partial charge in [0, 0.05) is 6.04 Å². The average Bonchev–Trinajstić information content (AvgIpc) is 2.72. The maximum absolute atomic E-state index is 2.78. The zero-order valence-corrected chi connectivity index (χ0v) is 9.67. The van der Waals surface area contributed by atoms with Crippen molar-refractivity contribution in [2.45, 2.75) is 64.3 Å². The van der Waals surface area contributed by atoms with Gasteiger partial charge >= 0.3 is 0 Å². The van der Waals surface area contributed by atoms with Crippen molar-refractivity contribution in [2.24, 2.45) is 5.92 Å². The minimum Gasteiger partial charge on any atom is -0.300 e. The van der Waals surface area contributed by atoms with Gasteiger partial charge < -0.3 is 4.90 Å². The first-order chi connectivity index (χ1) is 6.90. The van der Waals surface area contributed by atoms with Crippen LogP contribution in [0.3, 0.4) is 0 Å². The third-order valence-electron chi connectivity index (χ3n) is 4.19. The number of likely N-dealkylation sites (tertiary alicyclic amines) is 1. The predicted octanol–water partition coefficient (Wildman–Crippen LogP) is 3.44. The lowest BCUT2D eigenvalue weighted by Gasteiger charge is -2.36. The largest absolute Gasteiger partial charge is 0.300 e. The first kappa shape index (κ1) is 10.5. The van der Waals surface area contributed by atoms with Crippen LogP contribution in [0, 0.1) is 5.92 Å². The van der Waals surface area contributed by atoms with Crippen molar-refractivity contribution < 1.29 is 0 Å². The highest BCUT2D eigenvalue weighted by Crippen LogP contribution is 2.29. The van der Waals surface area contributed by atoms with Crippen LogP contribution in [-0.4, -0.2) is 24.0 Å². The molecule has 1 heteroatoms. The van der Waals surface area contributed by atoms with Gasteiger partial charge in [0.15, 0.2) is 0 Å². The molecule has 0 radical (unpaired) electrons. The van der Waals surface area contributed by atoms with Crippen molar-refractivity contribution in [3.8, 4) is 0 Å². The number of hydrogen-bond acceptors (Lipinski definition) is 1. The topological polar surface area (TPSA) is 3.24 Å². The van der Waals surface area contributed by atoms with Crippen LogP contribution in [0.5, 0.6) is 0 Å². The molecule has 1 saturated heterocycles. The van der Waals surface area contributed by atoms with Gasteiger partial charge in [-0.2, -0.15) is 0 Å². The molecule has 1 heterocycles. The molecule has 0 aromatic carbocycles. The zero-order chi connectivity index (χ0) is 9.80. The van der Waals surface area contributed by atoms with E-state index in [4.69, 9.17) is 0 Å². The molecule has 2 rings (SSSR count). The minimum atomic E-state index is 0.970. The van der Waals surface area contributed by atoms with Crippen molar-refractivity contribution >= 4 is 0 Å². The van der Waals surface area contributed by atoms with E-state index in [0.29, 0.717) is 0 Å². The zero-order valence-electron chi connectivity index (χ0n) is 9.67. The van der Waals surface area contributed by atoms with E-state index in [1.165, 1.54) is 64.5 Å². The fourth-order valence-corrected chi connectivity index (χ4v) is 3.28. The summed E-state index contributed by atoms with van der Waals surface area (Å²) in [5.74, 6) is 1.05. The Balaban J connectivity index is 1.72. The second-order valence-electron chi connectivity index (χ2n) is 5.21. The lowest BCUT2D eigenvalue weighted by Crippen LogP contribution is -2.40. The molecule has 2 aliphatic rings. The van der Waals surface area contributed by atoms with Crippen molar-refractivity contribution in [1.29, 1.82) is 0 Å². The van der Waals surface area contributed by atoms with E-state index in [9.17, 15) is 0 Å². The Morgan fingerprint density at radius 2 is 1.64 bits per heavy atom. The molecule has 0 aromatic heterocycles. The molecule has 82 valence electrons. The Kier molecular flexibility index (Phi) is 3.86. The first-order valence-corrected chi connectivity index (χ1v) is 6.64. The Morgan fingerprint density at radius 1 is 1.00 bits per heavy atom. The molecule has 0 aromatic rings. The Morgan fingerprint density at radius 3 is 2.21 bits per heavy atom. The van der Waals surface area contributed by atoms with E-state index in [0.717, 1.165) is 12.0 Å². The quantitative estimate of drug-likeness (QED) is 0.667. The highest BCUT2D eigenvalue weighted by molar-refractivity contribution is 4.81. The van der Waals surface area contributed by atoms with Gasteiger partial charge in [-0.05, 0) is 44.7 Å². The smallest absolute Gasteiger partial charge is 0.00952 e. The summed E-state index contributed by atoms with van der Waals surface area (Å²) in [6.07, 6.45) is 11.7. The molecule has 0 amide bonds. The van der Waals surface area contributed by atoms with Crippen molar-refractivity contribution in [3.05, 3.63) is 0 Å². The second-order valence-corrected chi connectivity index (χ2v) is 5.21. The number of piperidine rings is 1. The van der Waals surface area contributed by atoms with Gasteiger partial charge in [0.2, 0.25) is 0 Å². The standard InChI is InChI=1S/C13H25N/c1-2-5-12-8-10-14(11-9-12)13-6-3-4-7-13/h12-13H,2-11H2,1H3. The molecular formula is C13H25N. The fourth-order valence-electron chi connectivity index (χ4n) is 3.28. The summed E-state index contributed by atoms with van der Waals surface area (Å²) in [6, 6.07) is 0.970. The summed E-state index contributed by atoms with van der Waals surface area (Å²) in [4.78, 5) is 2.78. The molecular weight excluding hydrogens is 170 g/mol. The third-order valence-corrected chi connectivity index (χ3v) is 4.19. The molecule has 1 nitrogen and oxygen atoms in total. The van der Waals surface area contributed by atoms with Gasteiger partial charge in [0.05, 0.1) is 0 Å². The number of hydrogen-bond donors (Lipinski definition) is 0. The lowest BCUT2D eigenvalue weighted by atomic mass is 9.91. The van der Waals surface area contributed by atoms with Crippen LogP contribution in [0.4, 0.5) is 0 Å². The second kappa shape index (κ2) is 5.16. The summed E-state index contributed by atoms with van der Waals surface area (Å²) in [7, 11) is 0. The summed E-state index contributed by atoms with van der Waals surface area (Å²) >= 11 is 0. The molecule has 2 fully saturated rings. The summed E-state index contributed by atoms with van der Waals surface area (Å²) in [6.45, 7) is 5.12. The van der Waals surface area contributed by atoms with Crippen LogP contribution in [0.1, 0.15) is 58.3 Å². The number of rotatable bonds is 3. The van der Waals surface area contributed by atoms with Crippen LogP contribution in [0.25, 0.3) is 0 Å². The van der Waals surface area contributed by atoms with E-state index in [1.54, 1.807) is 0 Å². The van der Waals surface area contributed by atoms with E-state index >= 15 is 0 Å². The van der Waals surface area contributed by atoms with Crippen LogP contribution >= 0.6 is 0 Å². The number of nitrogens with zero attached hydrogens (tertiary/aromatic N) is 1. The lowest BCUT2D eigenvalue weighted by molar-refractivity contribution is 0.130. The van der Waals surface area contributed by atoms with E-state index in [2.05, 4.69) is 11.8 Å². The molecule has 0 atom stereocenters. The first-order valence-electron chi connectivity index (χ1n) is 6.64. The van der Waals surface area contributed by atoms with Crippen molar-refractivity contribution in [2.75, 3.05) is 13.1 Å². The molecule has 0 bridgehead atoms. The van der Waals surface area contributed by atoms with Gasteiger partial charge in [0.25, 0.3) is 0 Å². The fraction of sp³-hybridized carbons (Fsp3) is 1.00. The molecule has 0 N–H and O–H groups in total. The van der Waals surface area contributed by atoms with Crippen molar-refractivity contribution in [3.63, 3.8) is 0 Å². The van der Waals surface area contributed by atoms with Crippen LogP contribution < -0.4 is 0 Å². The summed E-state index contributed by atoms with van der Waals surface area (Å²) < 4.78 is 0. The van der Waals surface area contributed by atoms with Crippen LogP contribution in [0.2, 0.25) is 0 Å². The van der Waals surface area contributed by atoms with E-state index < -0.39 is 0 Å². The molecule has 1 aliphatic carbocycles. The van der Waals surface area contributed by atoms with E-state index in [-0.39, 0.29) is 0 Å². The minimum absolute atomic E-state index is 0.970. The maximum Gasteiger partial charge on any atom is 0.00952 e. The Labute approximate surface area is 88.9 Å². The molecule has 0 spiro atoms. The normalized spacial score (nSPS) is 27.2. The SMILES string of the molecule is CCCC1CCN(C2CCCC2)CC1. The average molecular weight is 195 g/mol.